The van der Waals surface area contributed by atoms with E-state index in [0.717, 1.165) is 10.2 Å². The average molecular weight is 438 g/mol. The highest BCUT2D eigenvalue weighted by Crippen LogP contribution is 2.30. The monoisotopic (exact) mass is 437 g/mol. The number of halogens is 4. The van der Waals surface area contributed by atoms with Crippen LogP contribution < -0.4 is 15.6 Å². The Kier molecular flexibility index (Phi) is 6.41. The summed E-state index contributed by atoms with van der Waals surface area (Å²) in [6.45, 7) is -1.38. The maximum atomic E-state index is 12.6. The fourth-order valence-corrected chi connectivity index (χ4v) is 2.68. The van der Waals surface area contributed by atoms with E-state index in [9.17, 15) is 22.8 Å². The van der Waals surface area contributed by atoms with Crippen molar-refractivity contribution in [3.05, 3.63) is 87.3 Å². The first kappa shape index (κ1) is 21.4. The zero-order valence-corrected chi connectivity index (χ0v) is 16.1. The summed E-state index contributed by atoms with van der Waals surface area (Å²) in [4.78, 5) is 24.6. The van der Waals surface area contributed by atoms with Crippen molar-refractivity contribution in [3.63, 3.8) is 0 Å². The molecule has 1 aromatic heterocycles. The molecule has 0 bridgehead atoms. The zero-order valence-electron chi connectivity index (χ0n) is 15.3. The smallest absolute Gasteiger partial charge is 0.422 e. The Labute approximate surface area is 173 Å². The minimum Gasteiger partial charge on any atom is -0.482 e. The van der Waals surface area contributed by atoms with Gasteiger partial charge in [-0.05, 0) is 29.8 Å². The fraction of sp³-hybridized carbons (Fsp3) is 0.150. The van der Waals surface area contributed by atoms with E-state index in [0.29, 0.717) is 0 Å². The van der Waals surface area contributed by atoms with Gasteiger partial charge in [0.25, 0.3) is 11.5 Å². The minimum absolute atomic E-state index is 0.0561. The summed E-state index contributed by atoms with van der Waals surface area (Å²) in [6.07, 6.45) is -4.55. The summed E-state index contributed by atoms with van der Waals surface area (Å²) in [7, 11) is 0. The molecule has 0 saturated heterocycles. The second-order valence-electron chi connectivity index (χ2n) is 6.20. The standard InChI is InChI=1S/C20H15ClF3N3O3/c21-14-6-8-17(30-12-20(22,23)24)16(10-14)25-19(29)15-7-9-18(28)27(26-15)11-13-4-2-1-3-5-13/h1-10H,11-12H2,(H,25,29). The van der Waals surface area contributed by atoms with Crippen LogP contribution in [0.4, 0.5) is 18.9 Å². The maximum Gasteiger partial charge on any atom is 0.422 e. The van der Waals surface area contributed by atoms with Crippen molar-refractivity contribution < 1.29 is 22.7 Å². The molecule has 30 heavy (non-hydrogen) atoms. The van der Waals surface area contributed by atoms with Gasteiger partial charge >= 0.3 is 6.18 Å². The highest BCUT2D eigenvalue weighted by Gasteiger charge is 2.29. The highest BCUT2D eigenvalue weighted by atomic mass is 35.5. The number of hydrogen-bond acceptors (Lipinski definition) is 4. The lowest BCUT2D eigenvalue weighted by atomic mass is 10.2. The van der Waals surface area contributed by atoms with Gasteiger partial charge in [-0.25, -0.2) is 4.68 Å². The topological polar surface area (TPSA) is 73.2 Å². The van der Waals surface area contributed by atoms with Crippen LogP contribution in [-0.2, 0) is 6.54 Å². The number of nitrogens with one attached hydrogen (secondary N) is 1. The fourth-order valence-electron chi connectivity index (χ4n) is 2.51. The number of aromatic nitrogens is 2. The van der Waals surface area contributed by atoms with Crippen molar-refractivity contribution in [2.24, 2.45) is 0 Å². The summed E-state index contributed by atoms with van der Waals surface area (Å²) in [5.74, 6) is -0.946. The van der Waals surface area contributed by atoms with Crippen LogP contribution in [0.2, 0.25) is 5.02 Å². The lowest BCUT2D eigenvalue weighted by Gasteiger charge is -2.14. The molecule has 0 fully saturated rings. The predicted octanol–water partition coefficient (Wildman–Crippen LogP) is 4.14. The van der Waals surface area contributed by atoms with Crippen LogP contribution in [0.25, 0.3) is 0 Å². The van der Waals surface area contributed by atoms with Crippen LogP contribution in [0, 0.1) is 0 Å². The molecule has 0 spiro atoms. The lowest BCUT2D eigenvalue weighted by Crippen LogP contribution is -2.26. The van der Waals surface area contributed by atoms with Crippen LogP contribution in [0.5, 0.6) is 5.75 Å². The third-order valence-corrected chi connectivity index (χ3v) is 4.09. The summed E-state index contributed by atoms with van der Waals surface area (Å²) in [5.41, 5.74) is 0.237. The number of carbonyl (C=O) groups excluding carboxylic acids is 1. The summed E-state index contributed by atoms with van der Waals surface area (Å²) in [6, 6.07) is 15.3. The molecular weight excluding hydrogens is 423 g/mol. The van der Waals surface area contributed by atoms with Crippen molar-refractivity contribution in [2.45, 2.75) is 12.7 Å². The van der Waals surface area contributed by atoms with Gasteiger partial charge in [-0.1, -0.05) is 41.9 Å². The predicted molar refractivity (Wildman–Crippen MR) is 105 cm³/mol. The first-order valence-electron chi connectivity index (χ1n) is 8.64. The molecule has 0 atom stereocenters. The first-order chi connectivity index (χ1) is 14.2. The number of alkyl halides is 3. The molecule has 10 heteroatoms. The number of benzene rings is 2. The van der Waals surface area contributed by atoms with E-state index < -0.39 is 24.2 Å². The molecule has 0 aliphatic rings. The number of nitrogens with zero attached hydrogens (tertiary/aromatic N) is 2. The number of hydrogen-bond donors (Lipinski definition) is 1. The SMILES string of the molecule is O=C(Nc1cc(Cl)ccc1OCC(F)(F)F)c1ccc(=O)n(Cc2ccccc2)n1. The van der Waals surface area contributed by atoms with E-state index in [4.69, 9.17) is 16.3 Å². The summed E-state index contributed by atoms with van der Waals surface area (Å²) < 4.78 is 43.2. The second kappa shape index (κ2) is 9.00. The first-order valence-corrected chi connectivity index (χ1v) is 9.01. The van der Waals surface area contributed by atoms with Gasteiger partial charge in [0.05, 0.1) is 12.2 Å². The molecule has 0 aliphatic carbocycles. The second-order valence-corrected chi connectivity index (χ2v) is 6.63. The van der Waals surface area contributed by atoms with E-state index >= 15 is 0 Å². The van der Waals surface area contributed by atoms with Crippen molar-refractivity contribution in [1.82, 2.24) is 9.78 Å². The van der Waals surface area contributed by atoms with Gasteiger partial charge in [0.15, 0.2) is 6.61 Å². The molecule has 0 aliphatic heterocycles. The van der Waals surface area contributed by atoms with Crippen molar-refractivity contribution in [1.29, 1.82) is 0 Å². The Balaban J connectivity index is 1.82. The van der Waals surface area contributed by atoms with E-state index in [1.807, 2.05) is 6.07 Å². The number of rotatable bonds is 6. The van der Waals surface area contributed by atoms with Crippen LogP contribution >= 0.6 is 11.6 Å². The number of anilines is 1. The molecular formula is C20H15ClF3N3O3. The third kappa shape index (κ3) is 5.84. The zero-order chi connectivity index (χ0) is 21.7. The average Bonchev–Trinajstić information content (AvgIpc) is 2.69. The van der Waals surface area contributed by atoms with Gasteiger partial charge in [0, 0.05) is 11.1 Å². The molecule has 6 nitrogen and oxygen atoms in total. The molecule has 3 aromatic rings. The van der Waals surface area contributed by atoms with E-state index in [2.05, 4.69) is 10.4 Å². The van der Waals surface area contributed by atoms with Crippen LogP contribution in [-0.4, -0.2) is 28.5 Å². The Morgan fingerprint density at radius 3 is 2.53 bits per heavy atom. The van der Waals surface area contributed by atoms with E-state index in [1.165, 1.54) is 30.3 Å². The number of amides is 1. The van der Waals surface area contributed by atoms with Crippen molar-refractivity contribution >= 4 is 23.2 Å². The van der Waals surface area contributed by atoms with Crippen LogP contribution in [0.1, 0.15) is 16.1 Å². The third-order valence-electron chi connectivity index (χ3n) is 3.86. The molecule has 3 rings (SSSR count). The Morgan fingerprint density at radius 1 is 1.10 bits per heavy atom. The molecule has 1 amide bonds. The number of carbonyl (C=O) groups is 1. The van der Waals surface area contributed by atoms with Gasteiger partial charge in [-0.3, -0.25) is 9.59 Å². The van der Waals surface area contributed by atoms with E-state index in [1.54, 1.807) is 24.3 Å². The van der Waals surface area contributed by atoms with Crippen molar-refractivity contribution in [3.8, 4) is 5.75 Å². The van der Waals surface area contributed by atoms with E-state index in [-0.39, 0.29) is 28.7 Å². The van der Waals surface area contributed by atoms with Gasteiger partial charge in [-0.15, -0.1) is 0 Å². The van der Waals surface area contributed by atoms with Crippen LogP contribution in [0.15, 0.2) is 65.5 Å². The molecule has 0 unspecified atom stereocenters. The van der Waals surface area contributed by atoms with Gasteiger partial charge in [-0.2, -0.15) is 18.3 Å². The Hall–Kier alpha value is -3.33. The lowest BCUT2D eigenvalue weighted by molar-refractivity contribution is -0.153. The van der Waals surface area contributed by atoms with Gasteiger partial charge in [0.1, 0.15) is 11.4 Å². The quantitative estimate of drug-likeness (QED) is 0.629. The maximum absolute atomic E-state index is 12.6. The Bertz CT molecular complexity index is 1100. The van der Waals surface area contributed by atoms with Gasteiger partial charge in [0.2, 0.25) is 0 Å². The van der Waals surface area contributed by atoms with Crippen LogP contribution in [0.3, 0.4) is 0 Å². The number of ether oxygens (including phenoxy) is 1. The molecule has 1 heterocycles. The van der Waals surface area contributed by atoms with Crippen molar-refractivity contribution in [2.75, 3.05) is 11.9 Å². The largest absolute Gasteiger partial charge is 0.482 e. The molecule has 0 saturated carbocycles. The molecule has 0 radical (unpaired) electrons. The molecule has 2 aromatic carbocycles. The minimum atomic E-state index is -4.55. The summed E-state index contributed by atoms with van der Waals surface area (Å²) in [5, 5.41) is 6.65. The molecule has 156 valence electrons. The highest BCUT2D eigenvalue weighted by molar-refractivity contribution is 6.31. The summed E-state index contributed by atoms with van der Waals surface area (Å²) >= 11 is 5.88. The van der Waals surface area contributed by atoms with Gasteiger partial charge < -0.3 is 10.1 Å². The Morgan fingerprint density at radius 2 is 1.83 bits per heavy atom. The normalized spacial score (nSPS) is 11.2. The molecule has 1 N–H and O–H groups in total.